The van der Waals surface area contributed by atoms with Crippen molar-refractivity contribution in [3.63, 3.8) is 0 Å². The number of benzene rings is 3. The number of rotatable bonds is 3. The Kier molecular flexibility index (Phi) is 12.2. The zero-order valence-corrected chi connectivity index (χ0v) is 30.4. The molecule has 3 N–H and O–H groups in total. The van der Waals surface area contributed by atoms with E-state index >= 15 is 0 Å². The molecule has 1 unspecified atom stereocenters. The highest BCUT2D eigenvalue weighted by Gasteiger charge is 2.44. The van der Waals surface area contributed by atoms with Gasteiger partial charge in [0.1, 0.15) is 12.4 Å². The molecule has 2 aliphatic heterocycles. The second-order valence-corrected chi connectivity index (χ2v) is 15.6. The molecule has 0 spiro atoms. The third-order valence-corrected chi connectivity index (χ3v) is 10.4. The molecule has 15 heteroatoms. The van der Waals surface area contributed by atoms with Crippen LogP contribution in [0.1, 0.15) is 54.5 Å². The first-order chi connectivity index (χ1) is 22.1. The number of hydrogen-bond acceptors (Lipinski definition) is 6. The van der Waals surface area contributed by atoms with E-state index in [0.29, 0.717) is 36.5 Å². The second kappa shape index (κ2) is 15.3. The fourth-order valence-electron chi connectivity index (χ4n) is 5.16. The topological polar surface area (TPSA) is 115 Å². The lowest BCUT2D eigenvalue weighted by Gasteiger charge is -2.34. The summed E-state index contributed by atoms with van der Waals surface area (Å²) in [5, 5.41) is 11.5. The van der Waals surface area contributed by atoms with Crippen molar-refractivity contribution in [1.82, 2.24) is 20.1 Å². The van der Waals surface area contributed by atoms with Crippen LogP contribution in [0.3, 0.4) is 0 Å². The van der Waals surface area contributed by atoms with E-state index < -0.39 is 13.0 Å². The van der Waals surface area contributed by atoms with Gasteiger partial charge in [-0.3, -0.25) is 24.5 Å². The van der Waals surface area contributed by atoms with E-state index in [9.17, 15) is 9.59 Å². The number of amides is 2. The predicted molar refractivity (Wildman–Crippen MR) is 193 cm³/mol. The molecule has 47 heavy (non-hydrogen) atoms. The van der Waals surface area contributed by atoms with Gasteiger partial charge in [-0.2, -0.15) is 0 Å². The van der Waals surface area contributed by atoms with Gasteiger partial charge in [-0.25, -0.2) is 0 Å². The average molecular weight is 778 g/mol. The van der Waals surface area contributed by atoms with E-state index in [2.05, 4.69) is 27.6 Å². The third-order valence-electron chi connectivity index (χ3n) is 7.63. The van der Waals surface area contributed by atoms with Crippen molar-refractivity contribution in [3.05, 3.63) is 106 Å². The first kappa shape index (κ1) is 37.3. The Morgan fingerprint density at radius 2 is 1.55 bits per heavy atom. The Morgan fingerprint density at radius 1 is 0.915 bits per heavy atom. The molecule has 1 atom stereocenters. The van der Waals surface area contributed by atoms with Crippen LogP contribution in [0.4, 0.5) is 5.69 Å². The Bertz CT molecular complexity index is 1760. The first-order valence-electron chi connectivity index (χ1n) is 14.2. The summed E-state index contributed by atoms with van der Waals surface area (Å²) in [5.41, 5.74) is 10.7. The van der Waals surface area contributed by atoms with Crippen molar-refractivity contribution in [2.24, 2.45) is 4.99 Å². The summed E-state index contributed by atoms with van der Waals surface area (Å²) < 4.78 is -1.65. The summed E-state index contributed by atoms with van der Waals surface area (Å²) in [5.74, 6) is 1.31. The lowest BCUT2D eigenvalue weighted by atomic mass is 9.72. The summed E-state index contributed by atoms with van der Waals surface area (Å²) in [6, 6.07) is 23.3. The number of fused-ring (bicyclic) bond motifs is 3. The van der Waals surface area contributed by atoms with Gasteiger partial charge in [0.25, 0.3) is 0 Å². The van der Waals surface area contributed by atoms with Gasteiger partial charge in [-0.15, -0.1) is 10.2 Å². The zero-order valence-electron chi connectivity index (χ0n) is 25.1. The highest BCUT2D eigenvalue weighted by Crippen LogP contribution is 2.48. The van der Waals surface area contributed by atoms with E-state index in [-0.39, 0.29) is 11.8 Å². The number of carbonyl (C=O) groups excluding carboxylic acids is 2. The summed E-state index contributed by atoms with van der Waals surface area (Å²) >= 11 is 37.1. The summed E-state index contributed by atoms with van der Waals surface area (Å²) in [4.78, 5) is 28.1. The van der Waals surface area contributed by atoms with Crippen LogP contribution in [0, 0.1) is 6.92 Å². The normalized spacial score (nSPS) is 17.4. The van der Waals surface area contributed by atoms with Crippen LogP contribution < -0.4 is 11.1 Å². The highest BCUT2D eigenvalue weighted by atomic mass is 35.6. The van der Waals surface area contributed by atoms with Gasteiger partial charge in [0.05, 0.1) is 16.8 Å². The molecule has 3 aromatic carbocycles. The maximum absolute atomic E-state index is 12.1. The minimum atomic E-state index is -1.85. The quantitative estimate of drug-likeness (QED) is 0.123. The van der Waals surface area contributed by atoms with Crippen LogP contribution in [-0.2, 0) is 21.5 Å². The minimum absolute atomic E-state index is 0.186. The van der Waals surface area contributed by atoms with Crippen molar-refractivity contribution in [3.8, 4) is 5.69 Å². The number of aromatic nitrogens is 3. The number of alkyl halides is 6. The summed E-state index contributed by atoms with van der Waals surface area (Å²) in [6.07, 6.45) is 1.64. The molecule has 0 bridgehead atoms. The number of nitrogens with two attached hydrogens (primary N) is 1. The van der Waals surface area contributed by atoms with Crippen molar-refractivity contribution >= 4 is 104 Å². The molecule has 4 aromatic rings. The number of aryl methyl sites for hydroxylation is 1. The second-order valence-electron chi connectivity index (χ2n) is 10.6. The van der Waals surface area contributed by atoms with Gasteiger partial charge in [-0.1, -0.05) is 131 Å². The molecule has 0 aliphatic carbocycles. The molecular formula is C32H29Cl7N6O2. The number of carbonyl (C=O) groups is 2. The number of anilines is 1. The lowest BCUT2D eigenvalue weighted by molar-refractivity contribution is -0.138. The molecule has 1 aromatic heterocycles. The monoisotopic (exact) mass is 774 g/mol. The molecule has 2 amide bonds. The number of imide groups is 1. The molecule has 3 heterocycles. The molecule has 1 saturated heterocycles. The maximum atomic E-state index is 12.1. The number of nitrogen functional groups attached to an aromatic ring is 1. The number of hydrogen-bond donors (Lipinski definition) is 2. The fraction of sp³-hybridized carbons (Fsp3) is 0.281. The number of nitrogens with one attached hydrogen (secondary N) is 1. The lowest BCUT2D eigenvalue weighted by Crippen LogP contribution is -2.51. The minimum Gasteiger partial charge on any atom is -0.399 e. The molecule has 248 valence electrons. The standard InChI is InChI=1S/C17H13ClN4.C13H16N2O2.C2Cl6/c1-11-20-21-16-10-19-17(12-5-3-2-4-6-12)14-9-13(18)7-8-15(14)22(11)16;1-2-13(8-7-11(16)15-12(13)17)9-3-5-10(14)6-4-9;3-1(4,5)2(6,7)8/h2-9H,10H2,1H3;3-6H,2,7-8,14H2,1H3,(H,15,16,17);. The largest absolute Gasteiger partial charge is 0.399 e. The van der Waals surface area contributed by atoms with Crippen molar-refractivity contribution < 1.29 is 9.59 Å². The predicted octanol–water partition coefficient (Wildman–Crippen LogP) is 8.66. The molecule has 0 radical (unpaired) electrons. The van der Waals surface area contributed by atoms with Crippen LogP contribution in [0.25, 0.3) is 5.69 Å². The van der Waals surface area contributed by atoms with Crippen LogP contribution >= 0.6 is 81.2 Å². The molecule has 6 rings (SSSR count). The van der Waals surface area contributed by atoms with Gasteiger partial charge >= 0.3 is 0 Å². The Labute approximate surface area is 307 Å². The van der Waals surface area contributed by atoms with Gasteiger partial charge in [-0.05, 0) is 55.7 Å². The Morgan fingerprint density at radius 3 is 2.13 bits per heavy atom. The van der Waals surface area contributed by atoms with E-state index in [1.165, 1.54) is 0 Å². The molecule has 8 nitrogen and oxygen atoms in total. The van der Waals surface area contributed by atoms with E-state index in [1.54, 1.807) is 12.1 Å². The van der Waals surface area contributed by atoms with Crippen LogP contribution in [0.15, 0.2) is 77.8 Å². The maximum Gasteiger partial charge on any atom is 0.237 e. The summed E-state index contributed by atoms with van der Waals surface area (Å²) in [6.45, 7) is 4.41. The SMILES string of the molecule is CCC1(c2ccc(N)cc2)CCC(=O)NC1=O.Cc1nnc2n1-c1ccc(Cl)cc1C(c1ccccc1)=NC2.ClC(Cl)(Cl)C(Cl)(Cl)Cl. The number of halogens is 7. The van der Waals surface area contributed by atoms with Gasteiger partial charge in [0, 0.05) is 28.3 Å². The number of aliphatic imine (C=N–C) groups is 1. The molecule has 2 aliphatic rings. The highest BCUT2D eigenvalue weighted by molar-refractivity contribution is 6.83. The first-order valence-corrected chi connectivity index (χ1v) is 16.9. The van der Waals surface area contributed by atoms with Crippen LogP contribution in [0.2, 0.25) is 5.02 Å². The van der Waals surface area contributed by atoms with Crippen LogP contribution in [-0.4, -0.2) is 39.9 Å². The number of nitrogens with zero attached hydrogens (tertiary/aromatic N) is 4. The van der Waals surface area contributed by atoms with E-state index in [4.69, 9.17) is 91.9 Å². The van der Waals surface area contributed by atoms with E-state index in [1.807, 2.05) is 66.9 Å². The van der Waals surface area contributed by atoms with Crippen molar-refractivity contribution in [2.75, 3.05) is 5.73 Å². The van der Waals surface area contributed by atoms with Gasteiger partial charge in [0.2, 0.25) is 19.4 Å². The summed E-state index contributed by atoms with van der Waals surface area (Å²) in [7, 11) is 0. The Balaban J connectivity index is 0.000000178. The third kappa shape index (κ3) is 8.73. The zero-order chi connectivity index (χ0) is 34.6. The van der Waals surface area contributed by atoms with Gasteiger partial charge in [0.15, 0.2) is 5.82 Å². The molecule has 0 saturated carbocycles. The van der Waals surface area contributed by atoms with Gasteiger partial charge < -0.3 is 5.73 Å². The smallest absolute Gasteiger partial charge is 0.237 e. The number of piperidine rings is 1. The van der Waals surface area contributed by atoms with Crippen LogP contribution in [0.5, 0.6) is 0 Å². The molecular weight excluding hydrogens is 749 g/mol. The van der Waals surface area contributed by atoms with E-state index in [0.717, 1.165) is 39.7 Å². The Hall–Kier alpha value is -2.56. The fourth-order valence-corrected chi connectivity index (χ4v) is 5.33. The van der Waals surface area contributed by atoms with Crippen molar-refractivity contribution in [1.29, 1.82) is 0 Å². The molecule has 1 fully saturated rings. The average Bonchev–Trinajstić information content (AvgIpc) is 3.29. The van der Waals surface area contributed by atoms with Crippen molar-refractivity contribution in [2.45, 2.75) is 52.7 Å².